The Morgan fingerprint density at radius 3 is 2.65 bits per heavy atom. The van der Waals surface area contributed by atoms with Crippen molar-refractivity contribution < 1.29 is 19.2 Å². The van der Waals surface area contributed by atoms with Gasteiger partial charge < -0.3 is 4.74 Å². The molecule has 0 saturated carbocycles. The van der Waals surface area contributed by atoms with Crippen molar-refractivity contribution in [2.45, 2.75) is 13.8 Å². The highest BCUT2D eigenvalue weighted by Gasteiger charge is 2.16. The predicted octanol–water partition coefficient (Wildman–Crippen LogP) is 3.24. The van der Waals surface area contributed by atoms with Gasteiger partial charge in [0.1, 0.15) is 12.2 Å². The lowest BCUT2D eigenvalue weighted by molar-refractivity contribution is -0.384. The first-order valence-electron chi connectivity index (χ1n) is 6.87. The first-order valence-corrected chi connectivity index (χ1v) is 6.87. The molecular formula is C17H17NO5. The van der Waals surface area contributed by atoms with E-state index in [1.807, 2.05) is 13.0 Å². The number of rotatable bonds is 7. The summed E-state index contributed by atoms with van der Waals surface area (Å²) in [5, 5.41) is 10.7. The third-order valence-corrected chi connectivity index (χ3v) is 2.74. The van der Waals surface area contributed by atoms with E-state index in [2.05, 4.69) is 0 Å². The molecular weight excluding hydrogens is 298 g/mol. The molecule has 0 N–H and O–H groups in total. The molecule has 0 aliphatic heterocycles. The third-order valence-electron chi connectivity index (χ3n) is 2.74. The van der Waals surface area contributed by atoms with Crippen LogP contribution >= 0.6 is 0 Å². The highest BCUT2D eigenvalue weighted by molar-refractivity contribution is 6.19. The Kier molecular flexibility index (Phi) is 7.13. The number of hydrogen-bond acceptors (Lipinski definition) is 5. The maximum atomic E-state index is 11.9. The van der Waals surface area contributed by atoms with E-state index >= 15 is 0 Å². The first kappa shape index (κ1) is 18.0. The molecule has 0 fully saturated rings. The summed E-state index contributed by atoms with van der Waals surface area (Å²) in [7, 11) is 0. The van der Waals surface area contributed by atoms with Crippen LogP contribution in [0, 0.1) is 10.1 Å². The van der Waals surface area contributed by atoms with E-state index < -0.39 is 16.7 Å². The molecule has 0 aromatic heterocycles. The minimum Gasteiger partial charge on any atom is -0.458 e. The minimum atomic E-state index is -0.769. The largest absolute Gasteiger partial charge is 0.458 e. The van der Waals surface area contributed by atoms with Gasteiger partial charge in [0.15, 0.2) is 5.78 Å². The van der Waals surface area contributed by atoms with Gasteiger partial charge in [0.25, 0.3) is 5.69 Å². The van der Waals surface area contributed by atoms with Gasteiger partial charge in [-0.3, -0.25) is 14.9 Å². The van der Waals surface area contributed by atoms with Crippen LogP contribution in [-0.4, -0.2) is 23.3 Å². The molecule has 0 saturated heterocycles. The van der Waals surface area contributed by atoms with Crippen LogP contribution in [-0.2, 0) is 14.3 Å². The zero-order chi connectivity index (χ0) is 17.2. The minimum absolute atomic E-state index is 0.0305. The van der Waals surface area contributed by atoms with Gasteiger partial charge in [-0.1, -0.05) is 30.4 Å². The molecule has 0 radical (unpaired) electrons. The maximum absolute atomic E-state index is 11.9. The molecule has 0 amide bonds. The number of nitrogens with zero attached hydrogens (tertiary/aromatic N) is 1. The number of ether oxygens (including phenoxy) is 1. The number of carbonyl (C=O) groups is 2. The predicted molar refractivity (Wildman–Crippen MR) is 86.7 cm³/mol. The van der Waals surface area contributed by atoms with E-state index in [0.717, 1.165) is 0 Å². The number of non-ortho nitro benzene ring substituents is 1. The average Bonchev–Trinajstić information content (AvgIpc) is 2.52. The number of benzene rings is 1. The van der Waals surface area contributed by atoms with Crippen molar-refractivity contribution in [3.05, 3.63) is 69.8 Å². The van der Waals surface area contributed by atoms with Crippen molar-refractivity contribution in [2.24, 2.45) is 0 Å². The van der Waals surface area contributed by atoms with Crippen LogP contribution in [0.3, 0.4) is 0 Å². The van der Waals surface area contributed by atoms with Gasteiger partial charge in [0.2, 0.25) is 0 Å². The van der Waals surface area contributed by atoms with Gasteiger partial charge in [0, 0.05) is 12.1 Å². The second-order valence-electron chi connectivity index (χ2n) is 4.52. The van der Waals surface area contributed by atoms with Crippen LogP contribution < -0.4 is 0 Å². The molecule has 0 spiro atoms. The maximum Gasteiger partial charge on any atom is 0.342 e. The van der Waals surface area contributed by atoms with Gasteiger partial charge >= 0.3 is 5.97 Å². The topological polar surface area (TPSA) is 86.5 Å². The number of allylic oxidation sites excluding steroid dienone is 3. The lowest BCUT2D eigenvalue weighted by atomic mass is 10.1. The molecule has 0 unspecified atom stereocenters. The average molecular weight is 315 g/mol. The number of ketones is 1. The molecule has 1 aromatic rings. The highest BCUT2D eigenvalue weighted by atomic mass is 16.6. The fourth-order valence-corrected chi connectivity index (χ4v) is 1.65. The van der Waals surface area contributed by atoms with Crippen molar-refractivity contribution in [2.75, 3.05) is 6.61 Å². The Bertz CT molecular complexity index is 686. The van der Waals surface area contributed by atoms with Crippen LogP contribution in [0.25, 0.3) is 6.08 Å². The Morgan fingerprint density at radius 1 is 1.30 bits per heavy atom. The molecule has 0 bridgehead atoms. The first-order chi connectivity index (χ1) is 11.0. The van der Waals surface area contributed by atoms with Crippen molar-refractivity contribution in [1.29, 1.82) is 0 Å². The number of nitro benzene ring substituents is 1. The summed E-state index contributed by atoms with van der Waals surface area (Å²) in [4.78, 5) is 33.8. The molecule has 0 aliphatic carbocycles. The van der Waals surface area contributed by atoms with Gasteiger partial charge in [0.05, 0.1) is 4.92 Å². The molecule has 120 valence electrons. The summed E-state index contributed by atoms with van der Waals surface area (Å²) in [6, 6.07) is 5.65. The molecule has 6 heteroatoms. The summed E-state index contributed by atoms with van der Waals surface area (Å²) in [6.45, 7) is 3.12. The second kappa shape index (κ2) is 9.09. The van der Waals surface area contributed by atoms with Crippen LogP contribution in [0.5, 0.6) is 0 Å². The number of carbonyl (C=O) groups excluding carboxylic acids is 2. The summed E-state index contributed by atoms with van der Waals surface area (Å²) < 4.78 is 4.98. The van der Waals surface area contributed by atoms with Gasteiger partial charge in [-0.15, -0.1) is 0 Å². The summed E-state index contributed by atoms with van der Waals surface area (Å²) in [5.41, 5.74) is 0.0973. The van der Waals surface area contributed by atoms with E-state index in [0.29, 0.717) is 5.56 Å². The Hall–Kier alpha value is -3.02. The lowest BCUT2D eigenvalue weighted by Gasteiger charge is -2.04. The summed E-state index contributed by atoms with van der Waals surface area (Å²) >= 11 is 0. The van der Waals surface area contributed by atoms with E-state index in [-0.39, 0.29) is 17.9 Å². The third kappa shape index (κ3) is 6.09. The van der Waals surface area contributed by atoms with E-state index in [1.165, 1.54) is 31.2 Å². The number of Topliss-reactive ketones (excluding diaryl/α,β-unsaturated/α-hetero) is 1. The zero-order valence-corrected chi connectivity index (χ0v) is 12.9. The molecule has 0 aliphatic rings. The van der Waals surface area contributed by atoms with Crippen molar-refractivity contribution in [3.8, 4) is 0 Å². The number of esters is 1. The molecule has 23 heavy (non-hydrogen) atoms. The van der Waals surface area contributed by atoms with Gasteiger partial charge in [-0.2, -0.15) is 0 Å². The SMILES string of the molecule is CC=CC=CCOC(=O)C(=Cc1cccc([N+](=O)[O-])c1)C(C)=O. The Balaban J connectivity index is 2.93. The molecule has 0 heterocycles. The standard InChI is InChI=1S/C17H17NO5/c1-3-4-5-6-10-23-17(20)16(13(2)19)12-14-8-7-9-15(11-14)18(21)22/h3-9,11-12H,10H2,1-2H3. The number of hydrogen-bond donors (Lipinski definition) is 0. The normalized spacial score (nSPS) is 11.8. The fourth-order valence-electron chi connectivity index (χ4n) is 1.65. The summed E-state index contributed by atoms with van der Waals surface area (Å²) in [5.74, 6) is -1.24. The zero-order valence-electron chi connectivity index (χ0n) is 12.9. The summed E-state index contributed by atoms with van der Waals surface area (Å²) in [6.07, 6.45) is 8.22. The molecule has 1 rings (SSSR count). The lowest BCUT2D eigenvalue weighted by Crippen LogP contribution is -2.13. The van der Waals surface area contributed by atoms with E-state index in [9.17, 15) is 19.7 Å². The fraction of sp³-hybridized carbons (Fsp3) is 0.176. The quantitative estimate of drug-likeness (QED) is 0.147. The van der Waals surface area contributed by atoms with Crippen molar-refractivity contribution in [1.82, 2.24) is 0 Å². The number of nitro groups is 1. The monoisotopic (exact) mass is 315 g/mol. The van der Waals surface area contributed by atoms with Crippen molar-refractivity contribution >= 4 is 23.5 Å². The second-order valence-corrected chi connectivity index (χ2v) is 4.52. The van der Waals surface area contributed by atoms with Crippen LogP contribution in [0.1, 0.15) is 19.4 Å². The molecule has 0 atom stereocenters. The molecule has 1 aromatic carbocycles. The van der Waals surface area contributed by atoms with Gasteiger partial charge in [-0.25, -0.2) is 4.79 Å². The van der Waals surface area contributed by atoms with Crippen LogP contribution in [0.15, 0.2) is 54.1 Å². The Labute approximate surface area is 133 Å². The Morgan fingerprint density at radius 2 is 2.04 bits per heavy atom. The van der Waals surface area contributed by atoms with Gasteiger partial charge in [-0.05, 0) is 31.6 Å². The molecule has 6 nitrogen and oxygen atoms in total. The highest BCUT2D eigenvalue weighted by Crippen LogP contribution is 2.16. The van der Waals surface area contributed by atoms with Crippen molar-refractivity contribution in [3.63, 3.8) is 0 Å². The van der Waals surface area contributed by atoms with E-state index in [4.69, 9.17) is 4.74 Å². The van der Waals surface area contributed by atoms with E-state index in [1.54, 1.807) is 24.3 Å². The smallest absolute Gasteiger partial charge is 0.342 e. The van der Waals surface area contributed by atoms with Crippen LogP contribution in [0.4, 0.5) is 5.69 Å². The van der Waals surface area contributed by atoms with Crippen LogP contribution in [0.2, 0.25) is 0 Å².